The van der Waals surface area contributed by atoms with E-state index in [4.69, 9.17) is 5.73 Å². The van der Waals surface area contributed by atoms with Crippen molar-refractivity contribution in [2.75, 3.05) is 11.1 Å². The summed E-state index contributed by atoms with van der Waals surface area (Å²) >= 11 is 1.61. The van der Waals surface area contributed by atoms with Gasteiger partial charge in [0.05, 0.1) is 20.8 Å². The van der Waals surface area contributed by atoms with Crippen LogP contribution in [0, 0.1) is 13.8 Å². The van der Waals surface area contributed by atoms with Crippen LogP contribution in [0.15, 0.2) is 36.4 Å². The van der Waals surface area contributed by atoms with Gasteiger partial charge in [-0.1, -0.05) is 11.6 Å². The molecule has 0 aliphatic rings. The molecule has 2 aromatic carbocycles. The lowest BCUT2D eigenvalue weighted by molar-refractivity contribution is 0.102. The van der Waals surface area contributed by atoms with E-state index in [1.807, 2.05) is 38.1 Å². The van der Waals surface area contributed by atoms with Gasteiger partial charge in [0.1, 0.15) is 0 Å². The SMILES string of the molecule is Cc1ccc(N)c(C(=O)Nc2ccc3nc(C)sc3c2)c1. The Hall–Kier alpha value is -2.40. The minimum atomic E-state index is -0.197. The van der Waals surface area contributed by atoms with Crippen molar-refractivity contribution in [3.63, 3.8) is 0 Å². The highest BCUT2D eigenvalue weighted by Crippen LogP contribution is 2.25. The van der Waals surface area contributed by atoms with Crippen LogP contribution in [0.2, 0.25) is 0 Å². The molecule has 5 heteroatoms. The maximum absolute atomic E-state index is 12.3. The van der Waals surface area contributed by atoms with Crippen LogP contribution in [-0.2, 0) is 0 Å². The molecule has 0 atom stereocenters. The number of benzene rings is 2. The van der Waals surface area contributed by atoms with E-state index in [1.54, 1.807) is 23.5 Å². The number of aromatic nitrogens is 1. The first-order valence-electron chi connectivity index (χ1n) is 6.57. The van der Waals surface area contributed by atoms with Gasteiger partial charge in [-0.2, -0.15) is 0 Å². The van der Waals surface area contributed by atoms with E-state index >= 15 is 0 Å². The van der Waals surface area contributed by atoms with Gasteiger partial charge in [0.15, 0.2) is 0 Å². The zero-order valence-corrected chi connectivity index (χ0v) is 12.6. The maximum atomic E-state index is 12.3. The summed E-state index contributed by atoms with van der Waals surface area (Å²) < 4.78 is 1.06. The minimum Gasteiger partial charge on any atom is -0.398 e. The Labute approximate surface area is 126 Å². The Morgan fingerprint density at radius 1 is 1.19 bits per heavy atom. The van der Waals surface area contributed by atoms with Crippen molar-refractivity contribution in [1.82, 2.24) is 4.98 Å². The van der Waals surface area contributed by atoms with E-state index in [-0.39, 0.29) is 5.91 Å². The molecule has 1 amide bonds. The number of nitrogens with zero attached hydrogens (tertiary/aromatic N) is 1. The van der Waals surface area contributed by atoms with Crippen molar-refractivity contribution >= 4 is 38.8 Å². The number of nitrogen functional groups attached to an aromatic ring is 1. The second kappa shape index (κ2) is 5.18. The first-order chi connectivity index (χ1) is 10.0. The predicted octanol–water partition coefficient (Wildman–Crippen LogP) is 3.75. The molecular weight excluding hydrogens is 282 g/mol. The quantitative estimate of drug-likeness (QED) is 0.708. The summed E-state index contributed by atoms with van der Waals surface area (Å²) in [5, 5.41) is 3.90. The summed E-state index contributed by atoms with van der Waals surface area (Å²) in [6.45, 7) is 3.90. The van der Waals surface area contributed by atoms with E-state index in [1.165, 1.54) is 0 Å². The zero-order chi connectivity index (χ0) is 15.0. The average molecular weight is 297 g/mol. The van der Waals surface area contributed by atoms with Crippen molar-refractivity contribution in [2.45, 2.75) is 13.8 Å². The maximum Gasteiger partial charge on any atom is 0.257 e. The molecule has 0 saturated heterocycles. The van der Waals surface area contributed by atoms with E-state index in [9.17, 15) is 4.79 Å². The fourth-order valence-electron chi connectivity index (χ4n) is 2.18. The summed E-state index contributed by atoms with van der Waals surface area (Å²) in [5.41, 5.74) is 9.54. The highest BCUT2D eigenvalue weighted by Gasteiger charge is 2.11. The highest BCUT2D eigenvalue weighted by molar-refractivity contribution is 7.18. The second-order valence-corrected chi connectivity index (χ2v) is 6.19. The van der Waals surface area contributed by atoms with Gasteiger partial charge in [0.2, 0.25) is 0 Å². The number of carbonyl (C=O) groups is 1. The van der Waals surface area contributed by atoms with Gasteiger partial charge in [0, 0.05) is 11.4 Å². The largest absolute Gasteiger partial charge is 0.398 e. The molecule has 0 unspecified atom stereocenters. The third kappa shape index (κ3) is 2.73. The van der Waals surface area contributed by atoms with Gasteiger partial charge in [-0.15, -0.1) is 11.3 Å². The summed E-state index contributed by atoms with van der Waals surface area (Å²) in [7, 11) is 0. The van der Waals surface area contributed by atoms with Gasteiger partial charge in [0.25, 0.3) is 5.91 Å². The molecule has 0 saturated carbocycles. The first-order valence-corrected chi connectivity index (χ1v) is 7.39. The molecule has 106 valence electrons. The Morgan fingerprint density at radius 3 is 2.81 bits per heavy atom. The van der Waals surface area contributed by atoms with Gasteiger partial charge in [-0.25, -0.2) is 4.98 Å². The van der Waals surface area contributed by atoms with Crippen LogP contribution in [0.5, 0.6) is 0 Å². The van der Waals surface area contributed by atoms with Crippen LogP contribution in [0.4, 0.5) is 11.4 Å². The number of thiazole rings is 1. The van der Waals surface area contributed by atoms with Crippen molar-refractivity contribution in [2.24, 2.45) is 0 Å². The third-order valence-electron chi connectivity index (χ3n) is 3.21. The van der Waals surface area contributed by atoms with Crippen LogP contribution in [0.3, 0.4) is 0 Å². The van der Waals surface area contributed by atoms with Gasteiger partial charge in [-0.3, -0.25) is 4.79 Å². The fraction of sp³-hybridized carbons (Fsp3) is 0.125. The second-order valence-electron chi connectivity index (χ2n) is 4.96. The van der Waals surface area contributed by atoms with E-state index in [0.717, 1.165) is 26.5 Å². The standard InChI is InChI=1S/C16H15N3OS/c1-9-3-5-13(17)12(7-9)16(20)19-11-4-6-14-15(8-11)21-10(2)18-14/h3-8H,17H2,1-2H3,(H,19,20). The van der Waals surface area contributed by atoms with Gasteiger partial charge in [-0.05, 0) is 44.2 Å². The van der Waals surface area contributed by atoms with Crippen LogP contribution in [-0.4, -0.2) is 10.9 Å². The number of amides is 1. The first kappa shape index (κ1) is 13.6. The summed E-state index contributed by atoms with van der Waals surface area (Å²) in [4.78, 5) is 16.7. The number of carbonyl (C=O) groups excluding carboxylic acids is 1. The summed E-state index contributed by atoms with van der Waals surface area (Å²) in [6, 6.07) is 11.1. The van der Waals surface area contributed by atoms with Crippen molar-refractivity contribution in [3.8, 4) is 0 Å². The zero-order valence-electron chi connectivity index (χ0n) is 11.8. The summed E-state index contributed by atoms with van der Waals surface area (Å²) in [6.07, 6.45) is 0. The lowest BCUT2D eigenvalue weighted by atomic mass is 10.1. The van der Waals surface area contributed by atoms with Crippen LogP contribution >= 0.6 is 11.3 Å². The van der Waals surface area contributed by atoms with Crippen LogP contribution < -0.4 is 11.1 Å². The lowest BCUT2D eigenvalue weighted by Crippen LogP contribution is -2.14. The Morgan fingerprint density at radius 2 is 2.00 bits per heavy atom. The molecule has 0 aliphatic heterocycles. The molecule has 3 N–H and O–H groups in total. The highest BCUT2D eigenvalue weighted by atomic mass is 32.1. The normalized spacial score (nSPS) is 10.8. The fourth-order valence-corrected chi connectivity index (χ4v) is 3.05. The monoisotopic (exact) mass is 297 g/mol. The van der Waals surface area contributed by atoms with Gasteiger partial charge >= 0.3 is 0 Å². The lowest BCUT2D eigenvalue weighted by Gasteiger charge is -2.08. The number of hydrogen-bond acceptors (Lipinski definition) is 4. The Balaban J connectivity index is 1.90. The van der Waals surface area contributed by atoms with E-state index in [2.05, 4.69) is 10.3 Å². The molecule has 3 rings (SSSR count). The molecular formula is C16H15N3OS. The molecule has 4 nitrogen and oxygen atoms in total. The number of fused-ring (bicyclic) bond motifs is 1. The molecule has 1 heterocycles. The van der Waals surface area contributed by atoms with Crippen LogP contribution in [0.25, 0.3) is 10.2 Å². The molecule has 0 spiro atoms. The smallest absolute Gasteiger partial charge is 0.257 e. The molecule has 0 aliphatic carbocycles. The van der Waals surface area contributed by atoms with Crippen molar-refractivity contribution in [1.29, 1.82) is 0 Å². The topological polar surface area (TPSA) is 68.0 Å². The van der Waals surface area contributed by atoms with E-state index in [0.29, 0.717) is 11.3 Å². The summed E-state index contributed by atoms with van der Waals surface area (Å²) in [5.74, 6) is -0.197. The number of hydrogen-bond donors (Lipinski definition) is 2. The molecule has 1 aromatic heterocycles. The minimum absolute atomic E-state index is 0.197. The number of aryl methyl sites for hydroxylation is 2. The van der Waals surface area contributed by atoms with Crippen molar-refractivity contribution in [3.05, 3.63) is 52.5 Å². The predicted molar refractivity (Wildman–Crippen MR) is 87.9 cm³/mol. The average Bonchev–Trinajstić information content (AvgIpc) is 2.80. The van der Waals surface area contributed by atoms with Gasteiger partial charge < -0.3 is 11.1 Å². The molecule has 0 bridgehead atoms. The van der Waals surface area contributed by atoms with Crippen LogP contribution in [0.1, 0.15) is 20.9 Å². The van der Waals surface area contributed by atoms with E-state index < -0.39 is 0 Å². The molecule has 0 radical (unpaired) electrons. The number of rotatable bonds is 2. The molecule has 21 heavy (non-hydrogen) atoms. The third-order valence-corrected chi connectivity index (χ3v) is 4.14. The molecule has 3 aromatic rings. The number of anilines is 2. The molecule has 0 fully saturated rings. The Kier molecular flexibility index (Phi) is 3.35. The number of nitrogens with one attached hydrogen (secondary N) is 1. The van der Waals surface area contributed by atoms with Crippen molar-refractivity contribution < 1.29 is 4.79 Å². The Bertz CT molecular complexity index is 839. The number of nitrogens with two attached hydrogens (primary N) is 1.